The van der Waals surface area contributed by atoms with Gasteiger partial charge in [-0.25, -0.2) is 0 Å². The van der Waals surface area contributed by atoms with E-state index in [1.165, 1.54) is 0 Å². The minimum Gasteiger partial charge on any atom is -0.495 e. The summed E-state index contributed by atoms with van der Waals surface area (Å²) in [6, 6.07) is 3.53. The smallest absolute Gasteiger partial charge is 0.140 e. The highest BCUT2D eigenvalue weighted by Gasteiger charge is 2.13. The van der Waals surface area contributed by atoms with Crippen LogP contribution in [0.1, 0.15) is 18.9 Å². The Hall–Kier alpha value is -0.510. The molecule has 0 radical (unpaired) electrons. The molecule has 0 fully saturated rings. The number of hydrogen-bond acceptors (Lipinski definition) is 2. The van der Waals surface area contributed by atoms with E-state index < -0.39 is 0 Å². The predicted octanol–water partition coefficient (Wildman–Crippen LogP) is 3.86. The quantitative estimate of drug-likeness (QED) is 0.837. The van der Waals surface area contributed by atoms with Crippen LogP contribution in [0, 0.1) is 5.92 Å². The third-order valence-corrected chi connectivity index (χ3v) is 3.07. The normalized spacial score (nSPS) is 12.2. The number of hydrogen-bond donors (Lipinski definition) is 1. The van der Waals surface area contributed by atoms with Gasteiger partial charge in [-0.15, -0.1) is 0 Å². The van der Waals surface area contributed by atoms with Crippen LogP contribution in [0.25, 0.3) is 0 Å². The zero-order valence-electron chi connectivity index (χ0n) is 9.80. The average Bonchev–Trinajstić information content (AvgIpc) is 2.15. The number of nitrogens with two attached hydrogens (primary N) is 1. The minimum atomic E-state index is 0.330. The maximum absolute atomic E-state index is 6.06. The number of benzene rings is 1. The lowest BCUT2D eigenvalue weighted by atomic mass is 9.97. The Morgan fingerprint density at radius 1 is 1.47 bits per heavy atom. The zero-order valence-corrected chi connectivity index (χ0v) is 12.1. The molecular formula is C12H15Cl2NOS. The van der Waals surface area contributed by atoms with Crippen LogP contribution in [0.3, 0.4) is 0 Å². The molecule has 0 saturated carbocycles. The Kier molecular flexibility index (Phi) is 5.50. The van der Waals surface area contributed by atoms with Gasteiger partial charge in [0, 0.05) is 11.4 Å². The molecule has 1 aromatic rings. The number of halogens is 2. The minimum absolute atomic E-state index is 0.330. The summed E-state index contributed by atoms with van der Waals surface area (Å²) in [5.74, 6) is 1.00. The molecule has 0 aliphatic rings. The van der Waals surface area contributed by atoms with Gasteiger partial charge in [-0.05, 0) is 30.0 Å². The lowest BCUT2D eigenvalue weighted by Gasteiger charge is -2.15. The van der Waals surface area contributed by atoms with Crippen molar-refractivity contribution in [3.8, 4) is 5.75 Å². The second-order valence-electron chi connectivity index (χ2n) is 4.06. The Bertz CT molecular complexity index is 423. The molecule has 0 saturated heterocycles. The lowest BCUT2D eigenvalue weighted by molar-refractivity contribution is 0.406. The summed E-state index contributed by atoms with van der Waals surface area (Å²) < 4.78 is 5.28. The van der Waals surface area contributed by atoms with Crippen LogP contribution < -0.4 is 10.5 Å². The highest BCUT2D eigenvalue weighted by Crippen LogP contribution is 2.33. The number of rotatable bonds is 5. The first-order chi connectivity index (χ1) is 7.93. The Balaban J connectivity index is 2.92. The van der Waals surface area contributed by atoms with Crippen molar-refractivity contribution in [2.75, 3.05) is 7.11 Å². The summed E-state index contributed by atoms with van der Waals surface area (Å²) in [5.41, 5.74) is 6.51. The molecule has 0 aliphatic heterocycles. The molecule has 0 aromatic heterocycles. The van der Waals surface area contributed by atoms with Crippen molar-refractivity contribution in [3.05, 3.63) is 27.7 Å². The highest BCUT2D eigenvalue weighted by atomic mass is 35.5. The van der Waals surface area contributed by atoms with Crippen LogP contribution in [0.2, 0.25) is 10.0 Å². The first-order valence-corrected chi connectivity index (χ1v) is 6.40. The summed E-state index contributed by atoms with van der Waals surface area (Å²) in [4.78, 5) is 0.518. The van der Waals surface area contributed by atoms with Gasteiger partial charge in [0.15, 0.2) is 0 Å². The van der Waals surface area contributed by atoms with E-state index >= 15 is 0 Å². The number of methoxy groups -OCH3 is 1. The average molecular weight is 292 g/mol. The van der Waals surface area contributed by atoms with E-state index in [1.807, 2.05) is 6.07 Å². The first kappa shape index (κ1) is 14.6. The number of ether oxygens (including phenoxy) is 1. The van der Waals surface area contributed by atoms with Crippen LogP contribution in [0.5, 0.6) is 5.75 Å². The maximum atomic E-state index is 6.06. The van der Waals surface area contributed by atoms with Gasteiger partial charge in [0.25, 0.3) is 0 Å². The van der Waals surface area contributed by atoms with Crippen LogP contribution in [0.4, 0.5) is 0 Å². The molecule has 1 unspecified atom stereocenters. The van der Waals surface area contributed by atoms with Crippen molar-refractivity contribution in [1.82, 2.24) is 0 Å². The molecule has 0 aliphatic carbocycles. The van der Waals surface area contributed by atoms with Crippen molar-refractivity contribution in [1.29, 1.82) is 0 Å². The van der Waals surface area contributed by atoms with Gasteiger partial charge in [-0.1, -0.05) is 42.3 Å². The molecule has 0 bridgehead atoms. The van der Waals surface area contributed by atoms with Gasteiger partial charge in [0.1, 0.15) is 5.75 Å². The maximum Gasteiger partial charge on any atom is 0.140 e. The third kappa shape index (κ3) is 4.34. The van der Waals surface area contributed by atoms with Gasteiger partial charge in [-0.3, -0.25) is 0 Å². The van der Waals surface area contributed by atoms with Crippen LogP contribution in [0.15, 0.2) is 12.1 Å². The van der Waals surface area contributed by atoms with Crippen LogP contribution >= 0.6 is 35.4 Å². The molecule has 17 heavy (non-hydrogen) atoms. The molecule has 2 nitrogen and oxygen atoms in total. The predicted molar refractivity (Wildman–Crippen MR) is 77.3 cm³/mol. The third-order valence-electron chi connectivity index (χ3n) is 2.41. The van der Waals surface area contributed by atoms with Crippen LogP contribution in [-0.2, 0) is 6.42 Å². The molecule has 0 heterocycles. The molecule has 0 spiro atoms. The fraction of sp³-hybridized carbons (Fsp3) is 0.417. The Morgan fingerprint density at radius 3 is 2.65 bits per heavy atom. The van der Waals surface area contributed by atoms with Crippen molar-refractivity contribution in [2.24, 2.45) is 11.7 Å². The van der Waals surface area contributed by atoms with Gasteiger partial charge < -0.3 is 10.5 Å². The summed E-state index contributed by atoms with van der Waals surface area (Å²) in [5, 5.41) is 1.13. The Morgan fingerprint density at radius 2 is 2.12 bits per heavy atom. The molecule has 5 heteroatoms. The van der Waals surface area contributed by atoms with Gasteiger partial charge in [0.05, 0.1) is 17.1 Å². The molecular weight excluding hydrogens is 277 g/mol. The first-order valence-electron chi connectivity index (χ1n) is 5.24. The van der Waals surface area contributed by atoms with Crippen molar-refractivity contribution in [2.45, 2.75) is 19.8 Å². The van der Waals surface area contributed by atoms with Crippen LogP contribution in [-0.4, -0.2) is 12.1 Å². The van der Waals surface area contributed by atoms with Gasteiger partial charge >= 0.3 is 0 Å². The summed E-state index contributed by atoms with van der Waals surface area (Å²) >= 11 is 16.9. The lowest BCUT2D eigenvalue weighted by Crippen LogP contribution is -2.14. The van der Waals surface area contributed by atoms with E-state index in [0.29, 0.717) is 33.1 Å². The Labute approximate surface area is 117 Å². The van der Waals surface area contributed by atoms with Gasteiger partial charge in [0.2, 0.25) is 0 Å². The SMILES string of the molecule is COc1c(Cl)cc(Cl)cc1CC(C)CC(N)=S. The fourth-order valence-corrected chi connectivity index (χ4v) is 2.68. The van der Waals surface area contributed by atoms with E-state index in [1.54, 1.807) is 13.2 Å². The second kappa shape index (κ2) is 6.43. The summed E-state index contributed by atoms with van der Waals surface area (Å²) in [7, 11) is 1.59. The molecule has 1 aromatic carbocycles. The zero-order chi connectivity index (χ0) is 13.0. The van der Waals surface area contributed by atoms with E-state index in [0.717, 1.165) is 12.0 Å². The van der Waals surface area contributed by atoms with E-state index in [-0.39, 0.29) is 0 Å². The molecule has 0 amide bonds. The molecule has 1 atom stereocenters. The van der Waals surface area contributed by atoms with Gasteiger partial charge in [-0.2, -0.15) is 0 Å². The molecule has 94 valence electrons. The monoisotopic (exact) mass is 291 g/mol. The highest BCUT2D eigenvalue weighted by molar-refractivity contribution is 7.80. The van der Waals surface area contributed by atoms with Crippen molar-refractivity contribution < 1.29 is 4.74 Å². The van der Waals surface area contributed by atoms with E-state index in [2.05, 4.69) is 6.92 Å². The topological polar surface area (TPSA) is 35.2 Å². The van der Waals surface area contributed by atoms with Crippen molar-refractivity contribution in [3.63, 3.8) is 0 Å². The molecule has 2 N–H and O–H groups in total. The fourth-order valence-electron chi connectivity index (χ4n) is 1.78. The summed E-state index contributed by atoms with van der Waals surface area (Å²) in [6.07, 6.45) is 1.48. The van der Waals surface area contributed by atoms with E-state index in [9.17, 15) is 0 Å². The second-order valence-corrected chi connectivity index (χ2v) is 5.43. The standard InChI is InChI=1S/C12H15Cl2NOS/c1-7(4-11(15)17)3-8-5-9(13)6-10(14)12(8)16-2/h5-7H,3-4H2,1-2H3,(H2,15,17). The molecule has 1 rings (SSSR count). The number of thiocarbonyl (C=S) groups is 1. The van der Waals surface area contributed by atoms with E-state index in [4.69, 9.17) is 45.9 Å². The van der Waals surface area contributed by atoms with Crippen molar-refractivity contribution >= 4 is 40.4 Å². The summed E-state index contributed by atoms with van der Waals surface area (Å²) in [6.45, 7) is 2.08. The largest absolute Gasteiger partial charge is 0.495 e.